The molecular formula is C47H46N4O. The molecule has 52 heavy (non-hydrogen) atoms. The molecule has 5 heteroatoms. The third-order valence-corrected chi connectivity index (χ3v) is 9.74. The summed E-state index contributed by atoms with van der Waals surface area (Å²) in [5.41, 5.74) is 12.4. The number of rotatable bonds is 11. The number of hydrogen-bond acceptors (Lipinski definition) is 4. The van der Waals surface area contributed by atoms with E-state index in [1.807, 2.05) is 30.6 Å². The van der Waals surface area contributed by atoms with Gasteiger partial charge in [0.05, 0.1) is 23.4 Å². The van der Waals surface area contributed by atoms with Crippen molar-refractivity contribution in [2.45, 2.75) is 59.8 Å². The summed E-state index contributed by atoms with van der Waals surface area (Å²) in [6.07, 6.45) is 11.1. The Morgan fingerprint density at radius 2 is 1.54 bits per heavy atom. The van der Waals surface area contributed by atoms with Crippen LogP contribution < -0.4 is 4.90 Å². The number of benzene rings is 4. The topological polar surface area (TPSA) is 47.1 Å². The highest BCUT2D eigenvalue weighted by Crippen LogP contribution is 2.39. The van der Waals surface area contributed by atoms with Crippen LogP contribution in [0.3, 0.4) is 0 Å². The van der Waals surface area contributed by atoms with Crippen LogP contribution in [0.2, 0.25) is 0 Å². The molecule has 0 aliphatic rings. The third kappa shape index (κ3) is 6.62. The monoisotopic (exact) mass is 682 g/mol. The van der Waals surface area contributed by atoms with E-state index >= 15 is 0 Å². The molecule has 0 fully saturated rings. The van der Waals surface area contributed by atoms with E-state index in [-0.39, 0.29) is 0 Å². The molecule has 0 saturated heterocycles. The summed E-state index contributed by atoms with van der Waals surface area (Å²) in [5.74, 6) is 1.62. The Bertz CT molecular complexity index is 2410. The van der Waals surface area contributed by atoms with Crippen LogP contribution in [0, 0.1) is 6.92 Å². The van der Waals surface area contributed by atoms with Gasteiger partial charge in [-0.25, -0.2) is 9.97 Å². The van der Waals surface area contributed by atoms with Gasteiger partial charge in [-0.3, -0.25) is 4.90 Å². The second kappa shape index (κ2) is 14.7. The Hall–Kier alpha value is -5.94. The number of aromatic nitrogens is 3. The summed E-state index contributed by atoms with van der Waals surface area (Å²) in [7, 11) is 0. The second-order valence-corrected chi connectivity index (χ2v) is 13.9. The van der Waals surface area contributed by atoms with Crippen LogP contribution in [0.1, 0.15) is 75.3 Å². The normalized spacial score (nSPS) is 12.2. The SMILES string of the molecule is C=C(/C=C\C=C(/CC)N(c1ccccc1)c1cccc(-c2c(C)ccc3c2oc2ccccc23)n1)c1cn(-c2c(C(C)C)cccc2C(C)C)cn1. The van der Waals surface area contributed by atoms with Crippen LogP contribution in [-0.2, 0) is 0 Å². The van der Waals surface area contributed by atoms with Crippen molar-refractivity contribution in [2.75, 3.05) is 4.90 Å². The molecule has 3 aromatic heterocycles. The number of pyridine rings is 1. The fourth-order valence-corrected chi connectivity index (χ4v) is 7.05. The molecule has 5 nitrogen and oxygen atoms in total. The molecular weight excluding hydrogens is 637 g/mol. The van der Waals surface area contributed by atoms with E-state index in [0.717, 1.165) is 73.6 Å². The molecule has 0 aliphatic carbocycles. The van der Waals surface area contributed by atoms with E-state index in [0.29, 0.717) is 11.8 Å². The number of hydrogen-bond donors (Lipinski definition) is 0. The zero-order chi connectivity index (χ0) is 36.4. The highest BCUT2D eigenvalue weighted by atomic mass is 16.3. The maximum absolute atomic E-state index is 6.45. The zero-order valence-corrected chi connectivity index (χ0v) is 31.0. The first-order chi connectivity index (χ1) is 25.2. The van der Waals surface area contributed by atoms with Gasteiger partial charge in [0.15, 0.2) is 0 Å². The number of allylic oxidation sites excluding steroid dienone is 5. The Morgan fingerprint density at radius 1 is 0.827 bits per heavy atom. The molecule has 0 unspecified atom stereocenters. The number of anilines is 2. The summed E-state index contributed by atoms with van der Waals surface area (Å²) in [4.78, 5) is 12.3. The van der Waals surface area contributed by atoms with Crippen LogP contribution in [0.15, 0.2) is 151 Å². The minimum atomic E-state index is 0.394. The minimum absolute atomic E-state index is 0.394. The van der Waals surface area contributed by atoms with Gasteiger partial charge in [0.1, 0.15) is 17.0 Å². The van der Waals surface area contributed by atoms with Crippen molar-refractivity contribution in [3.8, 4) is 16.9 Å². The lowest BCUT2D eigenvalue weighted by Gasteiger charge is -2.26. The van der Waals surface area contributed by atoms with E-state index in [9.17, 15) is 0 Å². The van der Waals surface area contributed by atoms with Gasteiger partial charge in [-0.05, 0) is 83.9 Å². The number of nitrogens with zero attached hydrogens (tertiary/aromatic N) is 4. The Balaban J connectivity index is 1.23. The maximum atomic E-state index is 6.45. The van der Waals surface area contributed by atoms with Gasteiger partial charge in [0, 0.05) is 33.9 Å². The van der Waals surface area contributed by atoms with E-state index < -0.39 is 0 Å². The lowest BCUT2D eigenvalue weighted by Crippen LogP contribution is -2.17. The molecule has 0 spiro atoms. The number of fused-ring (bicyclic) bond motifs is 3. The lowest BCUT2D eigenvalue weighted by atomic mass is 9.92. The van der Waals surface area contributed by atoms with Crippen LogP contribution in [0.25, 0.3) is 44.5 Å². The van der Waals surface area contributed by atoms with Gasteiger partial charge in [0.25, 0.3) is 0 Å². The van der Waals surface area contributed by atoms with Crippen LogP contribution >= 0.6 is 0 Å². The van der Waals surface area contributed by atoms with Crippen molar-refractivity contribution in [2.24, 2.45) is 0 Å². The van der Waals surface area contributed by atoms with E-state index in [4.69, 9.17) is 14.4 Å². The average Bonchev–Trinajstić information content (AvgIpc) is 3.80. The molecule has 0 aliphatic heterocycles. The zero-order valence-electron chi connectivity index (χ0n) is 31.0. The fraction of sp³-hybridized carbons (Fsp3) is 0.191. The molecule has 4 aromatic carbocycles. The van der Waals surface area contributed by atoms with Crippen molar-refractivity contribution < 1.29 is 4.42 Å². The van der Waals surface area contributed by atoms with Crippen molar-refractivity contribution in [1.29, 1.82) is 0 Å². The summed E-state index contributed by atoms with van der Waals surface area (Å²) in [6, 6.07) is 35.8. The van der Waals surface area contributed by atoms with Crippen LogP contribution in [0.5, 0.6) is 0 Å². The van der Waals surface area contributed by atoms with Gasteiger partial charge < -0.3 is 8.98 Å². The Morgan fingerprint density at radius 3 is 2.27 bits per heavy atom. The number of imidazole rings is 1. The predicted molar refractivity (Wildman–Crippen MR) is 219 cm³/mol. The smallest absolute Gasteiger partial charge is 0.145 e. The fourth-order valence-electron chi connectivity index (χ4n) is 7.05. The van der Waals surface area contributed by atoms with Gasteiger partial charge in [-0.2, -0.15) is 0 Å². The Kier molecular flexibility index (Phi) is 9.78. The quantitative estimate of drug-likeness (QED) is 0.127. The summed E-state index contributed by atoms with van der Waals surface area (Å²) in [5, 5.41) is 2.20. The maximum Gasteiger partial charge on any atom is 0.145 e. The summed E-state index contributed by atoms with van der Waals surface area (Å²) in [6.45, 7) is 17.7. The minimum Gasteiger partial charge on any atom is -0.455 e. The first-order valence-corrected chi connectivity index (χ1v) is 18.2. The van der Waals surface area contributed by atoms with Crippen LogP contribution in [0.4, 0.5) is 11.5 Å². The molecule has 260 valence electrons. The van der Waals surface area contributed by atoms with Crippen molar-refractivity contribution >= 4 is 39.0 Å². The summed E-state index contributed by atoms with van der Waals surface area (Å²) >= 11 is 0. The molecule has 0 radical (unpaired) electrons. The molecule has 0 N–H and O–H groups in total. The largest absolute Gasteiger partial charge is 0.455 e. The molecule has 0 atom stereocenters. The number of aryl methyl sites for hydroxylation is 1. The first kappa shape index (κ1) is 34.5. The van der Waals surface area contributed by atoms with Gasteiger partial charge in [-0.15, -0.1) is 0 Å². The van der Waals surface area contributed by atoms with Gasteiger partial charge in [-0.1, -0.05) is 126 Å². The molecule has 0 saturated carbocycles. The van der Waals surface area contributed by atoms with E-state index in [1.54, 1.807) is 0 Å². The molecule has 0 amide bonds. The Labute approximate surface area is 307 Å². The molecule has 7 rings (SSSR count). The van der Waals surface area contributed by atoms with Gasteiger partial charge >= 0.3 is 0 Å². The van der Waals surface area contributed by atoms with Gasteiger partial charge in [0.2, 0.25) is 0 Å². The van der Waals surface area contributed by atoms with Crippen molar-refractivity contribution in [3.63, 3.8) is 0 Å². The average molecular weight is 683 g/mol. The number of para-hydroxylation sites is 3. The third-order valence-electron chi connectivity index (χ3n) is 9.74. The van der Waals surface area contributed by atoms with Crippen LogP contribution in [-0.4, -0.2) is 14.5 Å². The lowest BCUT2D eigenvalue weighted by molar-refractivity contribution is 0.669. The van der Waals surface area contributed by atoms with Crippen molar-refractivity contribution in [3.05, 3.63) is 169 Å². The predicted octanol–water partition coefficient (Wildman–Crippen LogP) is 13.1. The second-order valence-electron chi connectivity index (χ2n) is 13.9. The van der Waals surface area contributed by atoms with Crippen molar-refractivity contribution in [1.82, 2.24) is 14.5 Å². The molecule has 3 heterocycles. The summed E-state index contributed by atoms with van der Waals surface area (Å²) < 4.78 is 8.62. The number of furan rings is 1. The molecule has 0 bridgehead atoms. The first-order valence-electron chi connectivity index (χ1n) is 18.2. The standard InChI is InChI=1S/C47H46N4O/c1-8-35(20-14-17-33(6)42-29-50(30-48-42)46-37(31(2)3)22-15-23-38(46)32(4)5)51(36-18-10-9-11-19-36)44-26-16-24-41(49-44)45-34(7)27-28-40-39-21-12-13-25-43(39)52-47(40)45/h9-32H,6,8H2,1-5,7H3/b17-14-,35-20+. The van der Waals surface area contributed by atoms with E-state index in [1.165, 1.54) is 16.8 Å². The van der Waals surface area contributed by atoms with E-state index in [2.05, 4.69) is 161 Å². The highest BCUT2D eigenvalue weighted by molar-refractivity contribution is 6.10. The highest BCUT2D eigenvalue weighted by Gasteiger charge is 2.20. The molecule has 7 aromatic rings.